The van der Waals surface area contributed by atoms with Gasteiger partial charge in [-0.2, -0.15) is 0 Å². The molecule has 0 unspecified atom stereocenters. The Bertz CT molecular complexity index is 707. The predicted molar refractivity (Wildman–Crippen MR) is 96.4 cm³/mol. The predicted octanol–water partition coefficient (Wildman–Crippen LogP) is 2.90. The second-order valence-corrected chi connectivity index (χ2v) is 6.23. The molecule has 2 N–H and O–H groups in total. The Morgan fingerprint density at radius 3 is 2.56 bits per heavy atom. The first-order valence-electron chi connectivity index (χ1n) is 7.80. The number of aliphatic carboxylic acids is 1. The summed E-state index contributed by atoms with van der Waals surface area (Å²) in [5.74, 6) is -2.16. The maximum Gasteiger partial charge on any atom is 0.308 e. The molecule has 25 heavy (non-hydrogen) atoms. The van der Waals surface area contributed by atoms with Gasteiger partial charge in [-0.25, -0.2) is 4.98 Å². The molecule has 0 radical (unpaired) electrons. The SMILES string of the molecule is CN(Cc1ccccc1)C[C@H](CC(=O)Nc1ccc(Cl)nc1)C(=O)O. The molecular formula is C18H20ClN3O3. The van der Waals surface area contributed by atoms with Crippen molar-refractivity contribution in [3.05, 3.63) is 59.4 Å². The van der Waals surface area contributed by atoms with E-state index in [1.165, 1.54) is 6.20 Å². The van der Waals surface area contributed by atoms with Crippen molar-refractivity contribution in [2.24, 2.45) is 5.92 Å². The number of benzene rings is 1. The highest BCUT2D eigenvalue weighted by Crippen LogP contribution is 2.13. The number of nitrogens with zero attached hydrogens (tertiary/aromatic N) is 2. The Labute approximate surface area is 151 Å². The van der Waals surface area contributed by atoms with E-state index in [-0.39, 0.29) is 18.9 Å². The number of hydrogen-bond acceptors (Lipinski definition) is 4. The molecule has 1 aromatic carbocycles. The van der Waals surface area contributed by atoms with Crippen LogP contribution >= 0.6 is 11.6 Å². The number of carboxylic acids is 1. The number of carboxylic acid groups (broad SMARTS) is 1. The number of carbonyl (C=O) groups excluding carboxylic acids is 1. The first-order chi connectivity index (χ1) is 11.9. The molecule has 1 amide bonds. The third-order valence-corrected chi connectivity index (χ3v) is 3.84. The van der Waals surface area contributed by atoms with Crippen LogP contribution in [-0.2, 0) is 16.1 Å². The van der Waals surface area contributed by atoms with Crippen molar-refractivity contribution in [1.82, 2.24) is 9.88 Å². The summed E-state index contributed by atoms with van der Waals surface area (Å²) in [5.41, 5.74) is 1.57. The van der Waals surface area contributed by atoms with Crippen molar-refractivity contribution >= 4 is 29.2 Å². The van der Waals surface area contributed by atoms with Crippen LogP contribution in [0.15, 0.2) is 48.7 Å². The third-order valence-electron chi connectivity index (χ3n) is 3.62. The molecule has 1 heterocycles. The lowest BCUT2D eigenvalue weighted by Crippen LogP contribution is -2.33. The maximum absolute atomic E-state index is 12.1. The standard InChI is InChI=1S/C18H20ClN3O3/c1-22(11-13-5-3-2-4-6-13)12-14(18(24)25)9-17(23)21-15-7-8-16(19)20-10-15/h2-8,10,14H,9,11-12H2,1H3,(H,21,23)(H,24,25)/t14-/m0/s1. The van der Waals surface area contributed by atoms with Gasteiger partial charge in [0.1, 0.15) is 5.15 Å². The number of rotatable bonds is 8. The van der Waals surface area contributed by atoms with Crippen LogP contribution in [-0.4, -0.2) is 40.5 Å². The van der Waals surface area contributed by atoms with Crippen LogP contribution in [0.4, 0.5) is 5.69 Å². The summed E-state index contributed by atoms with van der Waals surface area (Å²) in [7, 11) is 1.84. The van der Waals surface area contributed by atoms with E-state index in [2.05, 4.69) is 10.3 Å². The van der Waals surface area contributed by atoms with Crippen LogP contribution in [0.5, 0.6) is 0 Å². The normalized spacial score (nSPS) is 12.0. The second kappa shape index (κ2) is 9.15. The van der Waals surface area contributed by atoms with Crippen molar-refractivity contribution in [2.45, 2.75) is 13.0 Å². The minimum absolute atomic E-state index is 0.114. The molecule has 2 aromatic rings. The fraction of sp³-hybridized carbons (Fsp3) is 0.278. The zero-order chi connectivity index (χ0) is 18.2. The lowest BCUT2D eigenvalue weighted by atomic mass is 10.0. The number of hydrogen-bond donors (Lipinski definition) is 2. The third kappa shape index (κ3) is 6.52. The van der Waals surface area contributed by atoms with Gasteiger partial charge < -0.3 is 15.3 Å². The molecule has 0 saturated heterocycles. The van der Waals surface area contributed by atoms with E-state index < -0.39 is 11.9 Å². The van der Waals surface area contributed by atoms with Gasteiger partial charge in [0.15, 0.2) is 0 Å². The van der Waals surface area contributed by atoms with Crippen LogP contribution in [0.1, 0.15) is 12.0 Å². The Morgan fingerprint density at radius 2 is 1.96 bits per heavy atom. The molecule has 0 saturated carbocycles. The summed E-state index contributed by atoms with van der Waals surface area (Å²) in [6, 6.07) is 12.9. The molecule has 6 nitrogen and oxygen atoms in total. The van der Waals surface area contributed by atoms with E-state index in [0.29, 0.717) is 17.4 Å². The zero-order valence-corrected chi connectivity index (χ0v) is 14.6. The molecule has 0 bridgehead atoms. The van der Waals surface area contributed by atoms with Crippen LogP contribution in [0, 0.1) is 5.92 Å². The van der Waals surface area contributed by atoms with E-state index in [4.69, 9.17) is 11.6 Å². The molecule has 1 atom stereocenters. The van der Waals surface area contributed by atoms with Gasteiger partial charge in [0.2, 0.25) is 5.91 Å². The highest BCUT2D eigenvalue weighted by atomic mass is 35.5. The van der Waals surface area contributed by atoms with Gasteiger partial charge in [0.05, 0.1) is 17.8 Å². The maximum atomic E-state index is 12.1. The zero-order valence-electron chi connectivity index (χ0n) is 13.9. The van der Waals surface area contributed by atoms with Crippen LogP contribution < -0.4 is 5.32 Å². The van der Waals surface area contributed by atoms with E-state index in [1.54, 1.807) is 12.1 Å². The van der Waals surface area contributed by atoms with E-state index >= 15 is 0 Å². The molecule has 0 aliphatic rings. The first kappa shape index (κ1) is 18.9. The van der Waals surface area contributed by atoms with Gasteiger partial charge in [0.25, 0.3) is 0 Å². The minimum Gasteiger partial charge on any atom is -0.481 e. The molecule has 0 aliphatic carbocycles. The quantitative estimate of drug-likeness (QED) is 0.706. The molecule has 2 rings (SSSR count). The number of amides is 1. The highest BCUT2D eigenvalue weighted by molar-refractivity contribution is 6.29. The number of nitrogens with one attached hydrogen (secondary N) is 1. The number of halogens is 1. The van der Waals surface area contributed by atoms with Crippen molar-refractivity contribution in [2.75, 3.05) is 18.9 Å². The van der Waals surface area contributed by atoms with Gasteiger partial charge >= 0.3 is 5.97 Å². The lowest BCUT2D eigenvalue weighted by molar-refractivity contribution is -0.144. The molecule has 0 aliphatic heterocycles. The molecule has 1 aromatic heterocycles. The van der Waals surface area contributed by atoms with Crippen molar-refractivity contribution in [1.29, 1.82) is 0 Å². The lowest BCUT2D eigenvalue weighted by Gasteiger charge is -2.21. The summed E-state index contributed by atoms with van der Waals surface area (Å²) in [5, 5.41) is 12.4. The smallest absolute Gasteiger partial charge is 0.308 e. The second-order valence-electron chi connectivity index (χ2n) is 5.84. The largest absolute Gasteiger partial charge is 0.481 e. The molecule has 7 heteroatoms. The summed E-state index contributed by atoms with van der Waals surface area (Å²) in [6.45, 7) is 0.893. The fourth-order valence-corrected chi connectivity index (χ4v) is 2.56. The van der Waals surface area contributed by atoms with Gasteiger partial charge in [-0.15, -0.1) is 0 Å². The summed E-state index contributed by atoms with van der Waals surface area (Å²) in [4.78, 5) is 29.3. The number of aromatic nitrogens is 1. The van der Waals surface area contributed by atoms with Gasteiger partial charge in [-0.05, 0) is 24.7 Å². The van der Waals surface area contributed by atoms with Crippen molar-refractivity contribution in [3.8, 4) is 0 Å². The number of carbonyl (C=O) groups is 2. The minimum atomic E-state index is -0.996. The van der Waals surface area contributed by atoms with Crippen LogP contribution in [0.2, 0.25) is 5.15 Å². The van der Waals surface area contributed by atoms with Gasteiger partial charge in [-0.1, -0.05) is 41.9 Å². The molecule has 0 spiro atoms. The first-order valence-corrected chi connectivity index (χ1v) is 8.18. The average molecular weight is 362 g/mol. The molecular weight excluding hydrogens is 342 g/mol. The fourth-order valence-electron chi connectivity index (χ4n) is 2.45. The Balaban J connectivity index is 1.90. The topological polar surface area (TPSA) is 82.5 Å². The molecule has 0 fully saturated rings. The van der Waals surface area contributed by atoms with Gasteiger partial charge in [0, 0.05) is 19.5 Å². The summed E-state index contributed by atoms with van der Waals surface area (Å²) in [6.07, 6.45) is 1.31. The highest BCUT2D eigenvalue weighted by Gasteiger charge is 2.23. The Hall–Kier alpha value is -2.44. The monoisotopic (exact) mass is 361 g/mol. The van der Waals surface area contributed by atoms with Gasteiger partial charge in [-0.3, -0.25) is 9.59 Å². The summed E-state index contributed by atoms with van der Waals surface area (Å²) >= 11 is 5.69. The van der Waals surface area contributed by atoms with E-state index in [9.17, 15) is 14.7 Å². The molecule has 132 valence electrons. The Kier molecular flexibility index (Phi) is 6.91. The Morgan fingerprint density at radius 1 is 1.24 bits per heavy atom. The van der Waals surface area contributed by atoms with Crippen molar-refractivity contribution < 1.29 is 14.7 Å². The number of pyridine rings is 1. The van der Waals surface area contributed by atoms with Crippen LogP contribution in [0.3, 0.4) is 0 Å². The van der Waals surface area contributed by atoms with Crippen molar-refractivity contribution in [3.63, 3.8) is 0 Å². The van der Waals surface area contributed by atoms with E-state index in [1.807, 2.05) is 42.3 Å². The van der Waals surface area contributed by atoms with Crippen LogP contribution in [0.25, 0.3) is 0 Å². The van der Waals surface area contributed by atoms with E-state index in [0.717, 1.165) is 5.56 Å². The average Bonchev–Trinajstić information content (AvgIpc) is 2.57. The number of anilines is 1. The summed E-state index contributed by atoms with van der Waals surface area (Å²) < 4.78 is 0.